The topological polar surface area (TPSA) is 89.9 Å². The van der Waals surface area contributed by atoms with Crippen molar-refractivity contribution in [3.05, 3.63) is 23.8 Å². The number of likely N-dealkylation sites (N-methyl/N-ethyl adjacent to an activating group) is 1. The zero-order chi connectivity index (χ0) is 13.6. The number of aromatic nitrogens is 4. The lowest BCUT2D eigenvalue weighted by molar-refractivity contribution is -0.118. The molecule has 0 spiro atoms. The largest absolute Gasteiger partial charge is 0.316 e. The first kappa shape index (κ1) is 12.1. The van der Waals surface area contributed by atoms with E-state index in [1.807, 2.05) is 18.2 Å². The van der Waals surface area contributed by atoms with Crippen molar-refractivity contribution in [3.8, 4) is 0 Å². The van der Waals surface area contributed by atoms with Crippen LogP contribution < -0.4 is 10.6 Å². The first-order valence-corrected chi connectivity index (χ1v) is 6.47. The van der Waals surface area contributed by atoms with Gasteiger partial charge in [0.1, 0.15) is 6.04 Å². The molecule has 1 amide bonds. The third-order valence-electron chi connectivity index (χ3n) is 3.09. The van der Waals surface area contributed by atoms with Gasteiger partial charge in [-0.2, -0.15) is 0 Å². The predicted octanol–water partition coefficient (Wildman–Crippen LogP) is 0.337. The Morgan fingerprint density at radius 1 is 1.37 bits per heavy atom. The summed E-state index contributed by atoms with van der Waals surface area (Å²) in [6.45, 7) is 0. The van der Waals surface area contributed by atoms with Gasteiger partial charge in [-0.15, -0.1) is 5.10 Å². The smallest absolute Gasteiger partial charge is 0.248 e. The van der Waals surface area contributed by atoms with Gasteiger partial charge < -0.3 is 10.6 Å². The Morgan fingerprint density at radius 3 is 2.84 bits per heavy atom. The van der Waals surface area contributed by atoms with Crippen LogP contribution in [0.4, 0.5) is 5.69 Å². The summed E-state index contributed by atoms with van der Waals surface area (Å²) in [5.74, 6) is -0.0857. The summed E-state index contributed by atoms with van der Waals surface area (Å²) < 4.78 is 1.60. The Hall–Kier alpha value is -1.93. The molecule has 1 unspecified atom stereocenters. The van der Waals surface area contributed by atoms with E-state index in [0.717, 1.165) is 16.1 Å². The van der Waals surface area contributed by atoms with E-state index in [1.54, 1.807) is 23.7 Å². The van der Waals surface area contributed by atoms with Crippen LogP contribution in [0.25, 0.3) is 0 Å². The Balaban J connectivity index is 1.95. The van der Waals surface area contributed by atoms with Gasteiger partial charge in [0.05, 0.1) is 0 Å². The summed E-state index contributed by atoms with van der Waals surface area (Å²) in [4.78, 5) is 14.3. The third kappa shape index (κ3) is 1.89. The molecule has 1 aromatic carbocycles. The molecule has 1 aliphatic rings. The first-order chi connectivity index (χ1) is 9.08. The number of amides is 1. The lowest BCUT2D eigenvalue weighted by Gasteiger charge is -2.10. The van der Waals surface area contributed by atoms with Crippen molar-refractivity contribution in [1.29, 1.82) is 0 Å². The zero-order valence-electron chi connectivity index (χ0n) is 10.4. The highest BCUT2D eigenvalue weighted by molar-refractivity contribution is 7.99. The third-order valence-corrected chi connectivity index (χ3v) is 4.10. The van der Waals surface area contributed by atoms with Gasteiger partial charge in [-0.1, -0.05) is 6.07 Å². The second-order valence-corrected chi connectivity index (χ2v) is 5.32. The molecule has 2 N–H and O–H groups in total. The van der Waals surface area contributed by atoms with Crippen LogP contribution in [0.5, 0.6) is 0 Å². The monoisotopic (exact) mass is 276 g/mol. The molecule has 0 saturated carbocycles. The quantitative estimate of drug-likeness (QED) is 0.850. The first-order valence-electron chi connectivity index (χ1n) is 5.65. The number of fused-ring (bicyclic) bond motifs is 1. The second-order valence-electron chi connectivity index (χ2n) is 4.28. The van der Waals surface area contributed by atoms with E-state index in [0.29, 0.717) is 5.16 Å². The number of hydrogen-bond acceptors (Lipinski definition) is 6. The molecular weight excluding hydrogens is 264 g/mol. The van der Waals surface area contributed by atoms with Crippen molar-refractivity contribution in [1.82, 2.24) is 20.2 Å². The molecule has 7 nitrogen and oxygen atoms in total. The van der Waals surface area contributed by atoms with Crippen LogP contribution in [0.15, 0.2) is 28.3 Å². The van der Waals surface area contributed by atoms with Crippen molar-refractivity contribution in [3.63, 3.8) is 0 Å². The Morgan fingerprint density at radius 2 is 2.16 bits per heavy atom. The number of carbonyl (C=O) groups excluding carboxylic acids is 1. The van der Waals surface area contributed by atoms with E-state index >= 15 is 0 Å². The molecule has 1 atom stereocenters. The summed E-state index contributed by atoms with van der Waals surface area (Å²) in [5, 5.41) is 12.0. The molecule has 0 radical (unpaired) electrons. The summed E-state index contributed by atoms with van der Waals surface area (Å²) >= 11 is 1.44. The molecule has 1 aromatic heterocycles. The molecule has 8 heteroatoms. The van der Waals surface area contributed by atoms with Crippen molar-refractivity contribution in [2.24, 2.45) is 12.8 Å². The van der Waals surface area contributed by atoms with Crippen LogP contribution in [0.2, 0.25) is 0 Å². The van der Waals surface area contributed by atoms with Crippen molar-refractivity contribution < 1.29 is 4.79 Å². The maximum atomic E-state index is 11.8. The maximum absolute atomic E-state index is 11.8. The highest BCUT2D eigenvalue weighted by Gasteiger charge is 2.32. The molecular formula is C11H12N6OS. The maximum Gasteiger partial charge on any atom is 0.248 e. The van der Waals surface area contributed by atoms with Gasteiger partial charge in [-0.05, 0) is 34.3 Å². The van der Waals surface area contributed by atoms with Crippen LogP contribution >= 0.6 is 11.8 Å². The minimum absolute atomic E-state index is 0.0857. The summed E-state index contributed by atoms with van der Waals surface area (Å²) in [5.41, 5.74) is 7.56. The molecule has 0 aliphatic carbocycles. The molecule has 0 fully saturated rings. The molecule has 1 aliphatic heterocycles. The average molecular weight is 276 g/mol. The Labute approximate surface area is 113 Å². The lowest BCUT2D eigenvalue weighted by atomic mass is 10.1. The van der Waals surface area contributed by atoms with E-state index in [-0.39, 0.29) is 5.91 Å². The molecule has 19 heavy (non-hydrogen) atoms. The van der Waals surface area contributed by atoms with E-state index in [1.165, 1.54) is 11.8 Å². The van der Waals surface area contributed by atoms with Crippen LogP contribution in [-0.4, -0.2) is 33.2 Å². The molecule has 2 aromatic rings. The average Bonchev–Trinajstić information content (AvgIpc) is 2.89. The minimum atomic E-state index is -0.560. The highest BCUT2D eigenvalue weighted by Crippen LogP contribution is 2.37. The van der Waals surface area contributed by atoms with Gasteiger partial charge in [0.25, 0.3) is 0 Å². The fourth-order valence-electron chi connectivity index (χ4n) is 2.01. The van der Waals surface area contributed by atoms with Crippen LogP contribution in [0, 0.1) is 0 Å². The van der Waals surface area contributed by atoms with Crippen molar-refractivity contribution in [2.45, 2.75) is 16.1 Å². The van der Waals surface area contributed by atoms with Gasteiger partial charge in [-0.3, -0.25) is 4.79 Å². The standard InChI is InChI=1S/C11H12N6OS/c1-16-8-5-6(19-11-13-14-15-17(11)2)3-4-7(8)9(12)10(16)18/h3-5,9H,12H2,1-2H3. The molecule has 3 rings (SSSR count). The molecule has 0 bridgehead atoms. The van der Waals surface area contributed by atoms with Gasteiger partial charge in [-0.25, -0.2) is 4.68 Å². The number of nitrogens with zero attached hydrogens (tertiary/aromatic N) is 5. The van der Waals surface area contributed by atoms with Crippen molar-refractivity contribution in [2.75, 3.05) is 11.9 Å². The number of aryl methyl sites for hydroxylation is 1. The number of hydrogen-bond donors (Lipinski definition) is 1. The van der Waals surface area contributed by atoms with Gasteiger partial charge in [0.2, 0.25) is 11.1 Å². The van der Waals surface area contributed by atoms with Crippen LogP contribution in [0.1, 0.15) is 11.6 Å². The number of anilines is 1. The lowest BCUT2D eigenvalue weighted by Crippen LogP contribution is -2.27. The summed E-state index contributed by atoms with van der Waals surface area (Å²) in [6, 6.07) is 5.17. The van der Waals surface area contributed by atoms with E-state index in [2.05, 4.69) is 15.5 Å². The molecule has 0 saturated heterocycles. The Bertz CT molecular complexity index is 654. The van der Waals surface area contributed by atoms with Crippen LogP contribution in [-0.2, 0) is 11.8 Å². The molecule has 2 heterocycles. The molecule has 98 valence electrons. The van der Waals surface area contributed by atoms with E-state index in [4.69, 9.17) is 5.73 Å². The number of benzene rings is 1. The number of tetrazole rings is 1. The fraction of sp³-hybridized carbons (Fsp3) is 0.273. The minimum Gasteiger partial charge on any atom is -0.316 e. The SMILES string of the molecule is CN1C(=O)C(N)c2ccc(Sc3nnnn3C)cc21. The van der Waals surface area contributed by atoms with Gasteiger partial charge >= 0.3 is 0 Å². The number of carbonyl (C=O) groups is 1. The number of nitrogens with two attached hydrogens (primary N) is 1. The summed E-state index contributed by atoms with van der Waals surface area (Å²) in [7, 11) is 3.51. The normalized spacial score (nSPS) is 17.9. The van der Waals surface area contributed by atoms with Crippen molar-refractivity contribution >= 4 is 23.4 Å². The van der Waals surface area contributed by atoms with Gasteiger partial charge in [0, 0.05) is 30.2 Å². The highest BCUT2D eigenvalue weighted by atomic mass is 32.2. The Kier molecular flexibility index (Phi) is 2.76. The van der Waals surface area contributed by atoms with E-state index < -0.39 is 6.04 Å². The predicted molar refractivity (Wildman–Crippen MR) is 69.7 cm³/mol. The van der Waals surface area contributed by atoms with Gasteiger partial charge in [0.15, 0.2) is 0 Å². The second kappa shape index (κ2) is 4.32. The van der Waals surface area contributed by atoms with Crippen LogP contribution in [0.3, 0.4) is 0 Å². The fourth-order valence-corrected chi connectivity index (χ4v) is 2.78. The zero-order valence-corrected chi connectivity index (χ0v) is 11.3. The van der Waals surface area contributed by atoms with E-state index in [9.17, 15) is 4.79 Å². The number of rotatable bonds is 2. The summed E-state index contributed by atoms with van der Waals surface area (Å²) in [6.07, 6.45) is 0.